The fourth-order valence-corrected chi connectivity index (χ4v) is 3.36. The molecule has 4 heteroatoms. The molecule has 0 spiro atoms. The molecule has 1 aliphatic rings. The van der Waals surface area contributed by atoms with Gasteiger partial charge < -0.3 is 0 Å². The molecule has 0 atom stereocenters. The van der Waals surface area contributed by atoms with E-state index in [-0.39, 0.29) is 5.92 Å². The molecule has 1 rings (SSSR count). The van der Waals surface area contributed by atoms with Gasteiger partial charge in [0.1, 0.15) is 5.41 Å². The van der Waals surface area contributed by atoms with Gasteiger partial charge in [-0.25, -0.2) is 0 Å². The summed E-state index contributed by atoms with van der Waals surface area (Å²) in [4.78, 5) is 23.0. The Morgan fingerprint density at radius 3 is 1.93 bits per heavy atom. The molecule has 0 aromatic heterocycles. The zero-order valence-electron chi connectivity index (χ0n) is 8.89. The van der Waals surface area contributed by atoms with Crippen LogP contribution in [0.1, 0.15) is 45.4 Å². The number of rotatable bonds is 4. The lowest BCUT2D eigenvalue weighted by Gasteiger charge is -2.36. The van der Waals surface area contributed by atoms with Crippen molar-refractivity contribution in [1.29, 1.82) is 0 Å². The predicted octanol–water partition coefficient (Wildman–Crippen LogP) is 3.49. The molecule has 1 saturated carbocycles. The van der Waals surface area contributed by atoms with Crippen molar-refractivity contribution in [2.75, 3.05) is 0 Å². The van der Waals surface area contributed by atoms with Crippen LogP contribution < -0.4 is 0 Å². The molecule has 0 bridgehead atoms. The standard InChI is InChI=1S/C11H16Cl2O2/c1-2-11(9(12)14,10(13)15)8-6-4-3-5-7-8/h8H,2-7H2,1H3. The van der Waals surface area contributed by atoms with E-state index in [4.69, 9.17) is 23.2 Å². The smallest absolute Gasteiger partial charge is 0.236 e. The predicted molar refractivity (Wildman–Crippen MR) is 61.0 cm³/mol. The summed E-state index contributed by atoms with van der Waals surface area (Å²) in [5.41, 5.74) is -1.14. The van der Waals surface area contributed by atoms with Gasteiger partial charge in [0, 0.05) is 0 Å². The molecule has 0 radical (unpaired) electrons. The molecule has 2 nitrogen and oxygen atoms in total. The lowest BCUT2D eigenvalue weighted by Crippen LogP contribution is -2.42. The van der Waals surface area contributed by atoms with Crippen molar-refractivity contribution in [3.05, 3.63) is 0 Å². The Balaban J connectivity index is 2.96. The van der Waals surface area contributed by atoms with Crippen molar-refractivity contribution in [1.82, 2.24) is 0 Å². The minimum absolute atomic E-state index is 0.0336. The van der Waals surface area contributed by atoms with E-state index in [9.17, 15) is 9.59 Å². The zero-order chi connectivity index (χ0) is 11.5. The summed E-state index contributed by atoms with van der Waals surface area (Å²) in [6, 6.07) is 0. The summed E-state index contributed by atoms with van der Waals surface area (Å²) < 4.78 is 0. The van der Waals surface area contributed by atoms with Gasteiger partial charge in [0.05, 0.1) is 0 Å². The van der Waals surface area contributed by atoms with Crippen molar-refractivity contribution < 1.29 is 9.59 Å². The Morgan fingerprint density at radius 2 is 1.60 bits per heavy atom. The molecule has 0 aliphatic heterocycles. The quantitative estimate of drug-likeness (QED) is 0.566. The topological polar surface area (TPSA) is 34.1 Å². The average Bonchev–Trinajstić information content (AvgIpc) is 2.20. The molecule has 0 heterocycles. The summed E-state index contributed by atoms with van der Waals surface area (Å²) in [6.45, 7) is 1.80. The highest BCUT2D eigenvalue weighted by Gasteiger charge is 2.48. The third-order valence-corrected chi connectivity index (χ3v) is 4.24. The van der Waals surface area contributed by atoms with E-state index < -0.39 is 15.9 Å². The van der Waals surface area contributed by atoms with Crippen molar-refractivity contribution >= 4 is 33.7 Å². The summed E-state index contributed by atoms with van der Waals surface area (Å²) in [7, 11) is 0. The van der Waals surface area contributed by atoms with Gasteiger partial charge in [-0.3, -0.25) is 9.59 Å². The van der Waals surface area contributed by atoms with Crippen LogP contribution in [-0.4, -0.2) is 10.5 Å². The second-order valence-corrected chi connectivity index (χ2v) is 4.89. The molecule has 0 aromatic carbocycles. The molecule has 0 N–H and O–H groups in total. The van der Waals surface area contributed by atoms with Crippen molar-refractivity contribution in [3.63, 3.8) is 0 Å². The van der Waals surface area contributed by atoms with Gasteiger partial charge in [-0.15, -0.1) is 0 Å². The first-order valence-corrected chi connectivity index (χ1v) is 6.21. The number of carbonyl (C=O) groups excluding carboxylic acids is 2. The maximum absolute atomic E-state index is 11.5. The molecule has 0 amide bonds. The largest absolute Gasteiger partial charge is 0.280 e. The van der Waals surface area contributed by atoms with Gasteiger partial charge in [0.15, 0.2) is 0 Å². The number of hydrogen-bond donors (Lipinski definition) is 0. The Labute approximate surface area is 100 Å². The average molecular weight is 251 g/mol. The van der Waals surface area contributed by atoms with E-state index in [2.05, 4.69) is 0 Å². The van der Waals surface area contributed by atoms with Crippen molar-refractivity contribution in [3.8, 4) is 0 Å². The highest BCUT2D eigenvalue weighted by molar-refractivity contribution is 6.74. The fraction of sp³-hybridized carbons (Fsp3) is 0.818. The van der Waals surface area contributed by atoms with Crippen LogP contribution in [0, 0.1) is 11.3 Å². The third-order valence-electron chi connectivity index (χ3n) is 3.56. The number of hydrogen-bond acceptors (Lipinski definition) is 2. The molecule has 15 heavy (non-hydrogen) atoms. The first-order valence-electron chi connectivity index (χ1n) is 5.45. The van der Waals surface area contributed by atoms with E-state index in [0.29, 0.717) is 6.42 Å². The minimum atomic E-state index is -1.14. The normalized spacial score (nSPS) is 18.9. The van der Waals surface area contributed by atoms with Gasteiger partial charge >= 0.3 is 0 Å². The van der Waals surface area contributed by atoms with Crippen LogP contribution in [-0.2, 0) is 9.59 Å². The maximum Gasteiger partial charge on any atom is 0.236 e. The lowest BCUT2D eigenvalue weighted by atomic mass is 9.68. The molecule has 1 aliphatic carbocycles. The van der Waals surface area contributed by atoms with Crippen LogP contribution in [0.5, 0.6) is 0 Å². The molecular weight excluding hydrogens is 235 g/mol. The first-order chi connectivity index (χ1) is 7.05. The van der Waals surface area contributed by atoms with E-state index in [1.807, 2.05) is 0 Å². The van der Waals surface area contributed by atoms with Crippen molar-refractivity contribution in [2.45, 2.75) is 45.4 Å². The SMILES string of the molecule is CCC(C(=O)Cl)(C(=O)Cl)C1CCCCC1. The number of carbonyl (C=O) groups is 2. The summed E-state index contributed by atoms with van der Waals surface area (Å²) in [6.07, 6.45) is 5.45. The van der Waals surface area contributed by atoms with Crippen LogP contribution in [0.2, 0.25) is 0 Å². The Hall–Kier alpha value is -0.0800. The highest BCUT2D eigenvalue weighted by Crippen LogP contribution is 2.44. The summed E-state index contributed by atoms with van der Waals surface area (Å²) in [5.74, 6) is 0.0336. The lowest BCUT2D eigenvalue weighted by molar-refractivity contribution is -0.136. The zero-order valence-corrected chi connectivity index (χ0v) is 10.4. The molecule has 0 saturated heterocycles. The highest BCUT2D eigenvalue weighted by atomic mass is 35.5. The monoisotopic (exact) mass is 250 g/mol. The van der Waals surface area contributed by atoms with Gasteiger partial charge in [-0.05, 0) is 48.4 Å². The second-order valence-electron chi connectivity index (χ2n) is 4.21. The van der Waals surface area contributed by atoms with Crippen LogP contribution in [0.15, 0.2) is 0 Å². The van der Waals surface area contributed by atoms with Crippen LogP contribution in [0.4, 0.5) is 0 Å². The van der Waals surface area contributed by atoms with Crippen LogP contribution >= 0.6 is 23.2 Å². The molecule has 0 aromatic rings. The van der Waals surface area contributed by atoms with Gasteiger partial charge in [0.25, 0.3) is 0 Å². The summed E-state index contributed by atoms with van der Waals surface area (Å²) in [5, 5.41) is -1.17. The number of halogens is 2. The van der Waals surface area contributed by atoms with Crippen molar-refractivity contribution in [2.24, 2.45) is 11.3 Å². The van der Waals surface area contributed by atoms with E-state index >= 15 is 0 Å². The third kappa shape index (κ3) is 2.36. The Bertz CT molecular complexity index is 243. The van der Waals surface area contributed by atoms with Gasteiger partial charge in [-0.1, -0.05) is 26.2 Å². The van der Waals surface area contributed by atoms with E-state index in [1.165, 1.54) is 6.42 Å². The van der Waals surface area contributed by atoms with Gasteiger partial charge in [-0.2, -0.15) is 0 Å². The Morgan fingerprint density at radius 1 is 1.13 bits per heavy atom. The van der Waals surface area contributed by atoms with Crippen LogP contribution in [0.3, 0.4) is 0 Å². The van der Waals surface area contributed by atoms with E-state index in [1.54, 1.807) is 6.92 Å². The minimum Gasteiger partial charge on any atom is -0.280 e. The molecule has 0 unspecified atom stereocenters. The Kier molecular flexibility index (Phi) is 4.60. The first kappa shape index (κ1) is 13.0. The molecule has 86 valence electrons. The van der Waals surface area contributed by atoms with Crippen LogP contribution in [0.25, 0.3) is 0 Å². The molecular formula is C11H16Cl2O2. The maximum atomic E-state index is 11.5. The summed E-state index contributed by atoms with van der Waals surface area (Å²) >= 11 is 11.2. The second kappa shape index (κ2) is 5.31. The van der Waals surface area contributed by atoms with Gasteiger partial charge in [0.2, 0.25) is 10.5 Å². The molecule has 1 fully saturated rings. The van der Waals surface area contributed by atoms with E-state index in [0.717, 1.165) is 25.7 Å². The fourth-order valence-electron chi connectivity index (χ4n) is 2.56.